The number of Topliss-reactive ketones (excluding diaryl/α,β-unsaturated/α-hetero) is 1. The largest absolute Gasteiger partial charge is 0.450 e. The first kappa shape index (κ1) is 12.0. The van der Waals surface area contributed by atoms with Gasteiger partial charge in [0.15, 0.2) is 0 Å². The van der Waals surface area contributed by atoms with Crippen LogP contribution in [0.3, 0.4) is 0 Å². The fraction of sp³-hybridized carbons (Fsp3) is 0.556. The second-order valence-electron chi connectivity index (χ2n) is 3.15. The maximum absolute atomic E-state index is 12.0. The van der Waals surface area contributed by atoms with E-state index in [1.165, 1.54) is 19.9 Å². The van der Waals surface area contributed by atoms with E-state index in [1.807, 2.05) is 0 Å². The van der Waals surface area contributed by atoms with Gasteiger partial charge < -0.3 is 0 Å². The summed E-state index contributed by atoms with van der Waals surface area (Å²) in [4.78, 5) is 10.8. The molecule has 0 atom stereocenters. The van der Waals surface area contributed by atoms with E-state index in [2.05, 4.69) is 5.73 Å². The monoisotopic (exact) mass is 192 g/mol. The SMILES string of the molecule is CC=C=CC(C)(C)C(=O)C(F)(F)F. The number of allylic oxidation sites excluding steroid dienone is 1. The molecule has 0 fully saturated rings. The van der Waals surface area contributed by atoms with E-state index in [0.29, 0.717) is 0 Å². The van der Waals surface area contributed by atoms with Crippen LogP contribution < -0.4 is 0 Å². The van der Waals surface area contributed by atoms with Gasteiger partial charge in [-0.25, -0.2) is 0 Å². The molecular formula is C9H11F3O. The summed E-state index contributed by atoms with van der Waals surface area (Å²) in [5.41, 5.74) is 0.934. The molecular weight excluding hydrogens is 181 g/mol. The standard InChI is InChI=1S/C9H11F3O/c1-4-5-6-8(2,3)7(13)9(10,11)12/h4,6H,1-3H3. The van der Waals surface area contributed by atoms with Crippen molar-refractivity contribution in [1.82, 2.24) is 0 Å². The van der Waals surface area contributed by atoms with E-state index in [9.17, 15) is 18.0 Å². The van der Waals surface area contributed by atoms with E-state index in [4.69, 9.17) is 0 Å². The van der Waals surface area contributed by atoms with Crippen molar-refractivity contribution in [3.63, 3.8) is 0 Å². The summed E-state index contributed by atoms with van der Waals surface area (Å²) in [5.74, 6) is -1.76. The van der Waals surface area contributed by atoms with Crippen LogP contribution >= 0.6 is 0 Å². The van der Waals surface area contributed by atoms with Gasteiger partial charge in [0.25, 0.3) is 0 Å². The molecule has 4 heteroatoms. The van der Waals surface area contributed by atoms with Crippen molar-refractivity contribution < 1.29 is 18.0 Å². The van der Waals surface area contributed by atoms with Gasteiger partial charge in [-0.2, -0.15) is 13.2 Å². The summed E-state index contributed by atoms with van der Waals surface area (Å²) in [7, 11) is 0. The Labute approximate surface area is 74.9 Å². The zero-order chi connectivity index (χ0) is 10.7. The Morgan fingerprint density at radius 2 is 1.77 bits per heavy atom. The van der Waals surface area contributed by atoms with Crippen molar-refractivity contribution in [2.24, 2.45) is 5.41 Å². The fourth-order valence-corrected chi connectivity index (χ4v) is 0.723. The number of carbonyl (C=O) groups is 1. The first-order valence-electron chi connectivity index (χ1n) is 3.71. The third-order valence-electron chi connectivity index (χ3n) is 1.45. The first-order chi connectivity index (χ1) is 5.72. The number of halogens is 3. The second kappa shape index (κ2) is 3.79. The van der Waals surface area contributed by atoms with Gasteiger partial charge in [-0.1, -0.05) is 0 Å². The number of ketones is 1. The lowest BCUT2D eigenvalue weighted by Gasteiger charge is -2.18. The molecule has 0 aliphatic carbocycles. The first-order valence-corrected chi connectivity index (χ1v) is 3.71. The van der Waals surface area contributed by atoms with Crippen LogP contribution in [0.4, 0.5) is 13.2 Å². The van der Waals surface area contributed by atoms with Gasteiger partial charge in [-0.3, -0.25) is 4.79 Å². The van der Waals surface area contributed by atoms with Crippen LogP contribution in [0.5, 0.6) is 0 Å². The maximum atomic E-state index is 12.0. The van der Waals surface area contributed by atoms with Gasteiger partial charge in [0.1, 0.15) is 0 Å². The molecule has 0 aromatic heterocycles. The van der Waals surface area contributed by atoms with E-state index < -0.39 is 17.4 Å². The van der Waals surface area contributed by atoms with Gasteiger partial charge in [0.2, 0.25) is 5.78 Å². The zero-order valence-corrected chi connectivity index (χ0v) is 7.70. The number of alkyl halides is 3. The Kier molecular flexibility index (Phi) is 3.50. The summed E-state index contributed by atoms with van der Waals surface area (Å²) in [6, 6.07) is 0. The van der Waals surface area contributed by atoms with E-state index in [0.717, 1.165) is 6.08 Å². The minimum Gasteiger partial charge on any atom is -0.289 e. The Bertz CT molecular complexity index is 255. The Hall–Kier alpha value is -1.02. The molecule has 0 heterocycles. The topological polar surface area (TPSA) is 17.1 Å². The van der Waals surface area contributed by atoms with Crippen molar-refractivity contribution >= 4 is 5.78 Å². The highest BCUT2D eigenvalue weighted by atomic mass is 19.4. The van der Waals surface area contributed by atoms with Crippen molar-refractivity contribution in [3.8, 4) is 0 Å². The average molecular weight is 192 g/mol. The molecule has 0 aliphatic heterocycles. The quantitative estimate of drug-likeness (QED) is 0.615. The van der Waals surface area contributed by atoms with Crippen LogP contribution in [-0.2, 0) is 4.79 Å². The van der Waals surface area contributed by atoms with Crippen LogP contribution in [0.25, 0.3) is 0 Å². The lowest BCUT2D eigenvalue weighted by molar-refractivity contribution is -0.178. The molecule has 0 aromatic carbocycles. The highest BCUT2D eigenvalue weighted by molar-refractivity contribution is 5.90. The maximum Gasteiger partial charge on any atom is 0.450 e. The number of carbonyl (C=O) groups excluding carboxylic acids is 1. The molecule has 0 saturated heterocycles. The molecule has 13 heavy (non-hydrogen) atoms. The molecule has 0 aliphatic rings. The summed E-state index contributed by atoms with van der Waals surface area (Å²) < 4.78 is 35.9. The molecule has 0 rings (SSSR count). The highest BCUT2D eigenvalue weighted by Gasteiger charge is 2.46. The van der Waals surface area contributed by atoms with Crippen LogP contribution in [0.1, 0.15) is 20.8 Å². The molecule has 0 saturated carbocycles. The smallest absolute Gasteiger partial charge is 0.289 e. The predicted molar refractivity (Wildman–Crippen MR) is 43.2 cm³/mol. The predicted octanol–water partition coefficient (Wildman–Crippen LogP) is 2.88. The number of hydrogen-bond donors (Lipinski definition) is 0. The van der Waals surface area contributed by atoms with Crippen molar-refractivity contribution in [3.05, 3.63) is 17.9 Å². The summed E-state index contributed by atoms with van der Waals surface area (Å²) >= 11 is 0. The molecule has 0 unspecified atom stereocenters. The van der Waals surface area contributed by atoms with Crippen LogP contribution in [-0.4, -0.2) is 12.0 Å². The fourth-order valence-electron chi connectivity index (χ4n) is 0.723. The van der Waals surface area contributed by atoms with E-state index in [-0.39, 0.29) is 0 Å². The molecule has 1 nitrogen and oxygen atoms in total. The van der Waals surface area contributed by atoms with Crippen LogP contribution in [0.15, 0.2) is 17.9 Å². The molecule has 0 amide bonds. The van der Waals surface area contributed by atoms with Crippen molar-refractivity contribution in [2.45, 2.75) is 26.9 Å². The zero-order valence-electron chi connectivity index (χ0n) is 7.70. The van der Waals surface area contributed by atoms with Crippen molar-refractivity contribution in [1.29, 1.82) is 0 Å². The van der Waals surface area contributed by atoms with Crippen molar-refractivity contribution in [2.75, 3.05) is 0 Å². The Morgan fingerprint density at radius 3 is 2.08 bits per heavy atom. The lowest BCUT2D eigenvalue weighted by atomic mass is 9.88. The number of rotatable bonds is 2. The molecule has 0 N–H and O–H groups in total. The summed E-state index contributed by atoms with van der Waals surface area (Å²) in [6.07, 6.45) is -2.22. The summed E-state index contributed by atoms with van der Waals surface area (Å²) in [6.45, 7) is 4.03. The molecule has 0 spiro atoms. The highest BCUT2D eigenvalue weighted by Crippen LogP contribution is 2.29. The van der Waals surface area contributed by atoms with Gasteiger partial charge >= 0.3 is 6.18 Å². The second-order valence-corrected chi connectivity index (χ2v) is 3.15. The molecule has 0 radical (unpaired) electrons. The third-order valence-corrected chi connectivity index (χ3v) is 1.45. The minimum absolute atomic E-state index is 1.11. The van der Waals surface area contributed by atoms with Gasteiger partial charge in [0.05, 0.1) is 5.41 Å². The molecule has 74 valence electrons. The van der Waals surface area contributed by atoms with Gasteiger partial charge in [-0.05, 0) is 32.9 Å². The van der Waals surface area contributed by atoms with Gasteiger partial charge in [0, 0.05) is 0 Å². The van der Waals surface area contributed by atoms with E-state index in [1.54, 1.807) is 6.92 Å². The Balaban J connectivity index is 4.86. The molecule has 0 bridgehead atoms. The number of hydrogen-bond acceptors (Lipinski definition) is 1. The minimum atomic E-state index is -4.78. The average Bonchev–Trinajstić information content (AvgIpc) is 1.98. The van der Waals surface area contributed by atoms with E-state index >= 15 is 0 Å². The van der Waals surface area contributed by atoms with Gasteiger partial charge in [-0.15, -0.1) is 5.73 Å². The Morgan fingerprint density at radius 1 is 1.31 bits per heavy atom. The third kappa shape index (κ3) is 3.47. The van der Waals surface area contributed by atoms with Crippen LogP contribution in [0, 0.1) is 5.41 Å². The normalized spacial score (nSPS) is 11.8. The lowest BCUT2D eigenvalue weighted by Crippen LogP contribution is -2.35. The summed E-state index contributed by atoms with van der Waals surface area (Å²) in [5, 5.41) is 0. The molecule has 0 aromatic rings. The van der Waals surface area contributed by atoms with Crippen LogP contribution in [0.2, 0.25) is 0 Å².